The molecule has 6 nitrogen and oxygen atoms in total. The van der Waals surface area contributed by atoms with Gasteiger partial charge in [-0.1, -0.05) is 12.1 Å². The lowest BCUT2D eigenvalue weighted by Gasteiger charge is -2.13. The van der Waals surface area contributed by atoms with Gasteiger partial charge in [-0.2, -0.15) is 0 Å². The molecule has 136 valence electrons. The van der Waals surface area contributed by atoms with E-state index >= 15 is 0 Å². The number of hydrogen-bond acceptors (Lipinski definition) is 5. The van der Waals surface area contributed by atoms with Gasteiger partial charge < -0.3 is 24.9 Å². The maximum atomic E-state index is 12.1. The number of nitrogens with one attached hydrogen (secondary N) is 2. The minimum absolute atomic E-state index is 0.0980. The quantitative estimate of drug-likeness (QED) is 0.578. The molecule has 0 aliphatic carbocycles. The molecule has 7 heteroatoms. The summed E-state index contributed by atoms with van der Waals surface area (Å²) in [6, 6.07) is 12.3. The molecule has 1 aromatic carbocycles. The van der Waals surface area contributed by atoms with Crippen molar-refractivity contribution >= 4 is 23.1 Å². The highest BCUT2D eigenvalue weighted by Crippen LogP contribution is 2.29. The van der Waals surface area contributed by atoms with Crippen LogP contribution in [0.4, 0.5) is 10.5 Å². The predicted molar refractivity (Wildman–Crippen MR) is 102 cm³/mol. The average Bonchev–Trinajstić information content (AvgIpc) is 3.33. The Labute approximate surface area is 155 Å². The van der Waals surface area contributed by atoms with E-state index in [0.717, 1.165) is 16.2 Å². The molecule has 3 aromatic rings. The summed E-state index contributed by atoms with van der Waals surface area (Å²) < 4.78 is 10.8. The van der Waals surface area contributed by atoms with Crippen LogP contribution in [0.5, 0.6) is 5.75 Å². The van der Waals surface area contributed by atoms with Crippen LogP contribution in [0.1, 0.15) is 17.9 Å². The van der Waals surface area contributed by atoms with Crippen molar-refractivity contribution in [1.82, 2.24) is 5.32 Å². The Bertz CT molecular complexity index is 845. The Morgan fingerprint density at radius 3 is 2.92 bits per heavy atom. The monoisotopic (exact) mass is 372 g/mol. The highest BCUT2D eigenvalue weighted by Gasteiger charge is 2.14. The number of thiophene rings is 1. The van der Waals surface area contributed by atoms with Gasteiger partial charge in [-0.25, -0.2) is 4.79 Å². The van der Waals surface area contributed by atoms with Crippen LogP contribution in [0.3, 0.4) is 0 Å². The lowest BCUT2D eigenvalue weighted by atomic mass is 10.2. The number of carbonyl (C=O) groups excluding carboxylic acids is 1. The Morgan fingerprint density at radius 1 is 1.31 bits per heavy atom. The summed E-state index contributed by atoms with van der Waals surface area (Å²) in [6.45, 7) is 2.49. The molecule has 1 atom stereocenters. The molecule has 0 bridgehead atoms. The van der Waals surface area contributed by atoms with Crippen molar-refractivity contribution in [3.8, 4) is 17.1 Å². The molecule has 0 saturated heterocycles. The molecule has 0 aliphatic heterocycles. The topological polar surface area (TPSA) is 83.7 Å². The van der Waals surface area contributed by atoms with Crippen molar-refractivity contribution in [2.75, 3.05) is 18.5 Å². The van der Waals surface area contributed by atoms with E-state index in [9.17, 15) is 9.90 Å². The summed E-state index contributed by atoms with van der Waals surface area (Å²) in [6.07, 6.45) is 0.811. The second-order valence-corrected chi connectivity index (χ2v) is 6.44. The number of para-hydroxylation sites is 2. The van der Waals surface area contributed by atoms with E-state index in [4.69, 9.17) is 9.15 Å². The van der Waals surface area contributed by atoms with Crippen LogP contribution in [0.25, 0.3) is 11.3 Å². The second kappa shape index (κ2) is 8.55. The number of amides is 2. The number of rotatable bonds is 7. The summed E-state index contributed by atoms with van der Waals surface area (Å²) in [5, 5.41) is 17.6. The number of benzene rings is 1. The molecule has 0 radical (unpaired) electrons. The lowest BCUT2D eigenvalue weighted by Crippen LogP contribution is -2.32. The van der Waals surface area contributed by atoms with Crippen molar-refractivity contribution in [2.24, 2.45) is 0 Å². The Hall–Kier alpha value is -2.77. The Morgan fingerprint density at radius 2 is 2.15 bits per heavy atom. The standard InChI is InChI=1S/C19H20N2O4S/c1-2-24-17-7-4-3-6-14(17)21-19(23)20-11-15(22)18-10-13(12-26-18)16-8-5-9-25-16/h3-10,12,15,22H,2,11H2,1H3,(H2,20,21,23). The Balaban J connectivity index is 1.54. The fourth-order valence-corrected chi connectivity index (χ4v) is 3.29. The number of hydrogen-bond donors (Lipinski definition) is 3. The summed E-state index contributed by atoms with van der Waals surface area (Å²) in [5.41, 5.74) is 1.49. The van der Waals surface area contributed by atoms with Gasteiger partial charge in [-0.3, -0.25) is 0 Å². The van der Waals surface area contributed by atoms with Gasteiger partial charge in [0, 0.05) is 15.8 Å². The number of carbonyl (C=O) groups is 1. The van der Waals surface area contributed by atoms with E-state index < -0.39 is 12.1 Å². The molecule has 0 spiro atoms. The third kappa shape index (κ3) is 4.44. The number of urea groups is 1. The van der Waals surface area contributed by atoms with E-state index in [0.29, 0.717) is 18.0 Å². The average molecular weight is 372 g/mol. The van der Waals surface area contributed by atoms with Gasteiger partial charge >= 0.3 is 6.03 Å². The molecule has 0 saturated carbocycles. The van der Waals surface area contributed by atoms with Crippen molar-refractivity contribution < 1.29 is 19.1 Å². The summed E-state index contributed by atoms with van der Waals surface area (Å²) in [7, 11) is 0. The van der Waals surface area contributed by atoms with E-state index in [1.807, 2.05) is 42.6 Å². The van der Waals surface area contributed by atoms with Crippen molar-refractivity contribution in [3.05, 3.63) is 59.0 Å². The molecule has 3 N–H and O–H groups in total. The maximum Gasteiger partial charge on any atom is 0.319 e. The van der Waals surface area contributed by atoms with E-state index in [-0.39, 0.29) is 6.54 Å². The van der Waals surface area contributed by atoms with E-state index in [1.165, 1.54) is 11.3 Å². The predicted octanol–water partition coefficient (Wildman–Crippen LogP) is 4.26. The zero-order chi connectivity index (χ0) is 18.4. The molecule has 3 rings (SSSR count). The molecule has 2 aromatic heterocycles. The number of ether oxygens (including phenoxy) is 1. The van der Waals surface area contributed by atoms with E-state index in [1.54, 1.807) is 18.4 Å². The highest BCUT2D eigenvalue weighted by molar-refractivity contribution is 7.10. The molecular weight excluding hydrogens is 352 g/mol. The van der Waals surface area contributed by atoms with Crippen molar-refractivity contribution in [1.29, 1.82) is 0 Å². The van der Waals surface area contributed by atoms with Gasteiger partial charge in [0.15, 0.2) is 0 Å². The largest absolute Gasteiger partial charge is 0.492 e. The zero-order valence-corrected chi connectivity index (χ0v) is 15.1. The van der Waals surface area contributed by atoms with Crippen molar-refractivity contribution in [2.45, 2.75) is 13.0 Å². The van der Waals surface area contributed by atoms with Gasteiger partial charge in [0.05, 0.1) is 25.1 Å². The summed E-state index contributed by atoms with van der Waals surface area (Å²) in [5.74, 6) is 1.35. The number of furan rings is 1. The lowest BCUT2D eigenvalue weighted by molar-refractivity contribution is 0.178. The van der Waals surface area contributed by atoms with E-state index in [2.05, 4.69) is 10.6 Å². The number of aliphatic hydroxyl groups excluding tert-OH is 1. The minimum Gasteiger partial charge on any atom is -0.492 e. The smallest absolute Gasteiger partial charge is 0.319 e. The summed E-state index contributed by atoms with van der Waals surface area (Å²) in [4.78, 5) is 12.9. The SMILES string of the molecule is CCOc1ccccc1NC(=O)NCC(O)c1cc(-c2ccco2)cs1. The van der Waals surface area contributed by atoms with Gasteiger partial charge in [0.1, 0.15) is 17.6 Å². The van der Waals surface area contributed by atoms with Crippen LogP contribution >= 0.6 is 11.3 Å². The third-order valence-corrected chi connectivity index (χ3v) is 4.68. The van der Waals surface area contributed by atoms with Crippen LogP contribution in [-0.4, -0.2) is 24.3 Å². The van der Waals surface area contributed by atoms with Gasteiger partial charge in [-0.15, -0.1) is 11.3 Å². The molecule has 2 amide bonds. The first-order chi connectivity index (χ1) is 12.7. The van der Waals surface area contributed by atoms with Gasteiger partial charge in [0.25, 0.3) is 0 Å². The molecule has 2 heterocycles. The molecule has 0 aliphatic rings. The maximum absolute atomic E-state index is 12.1. The van der Waals surface area contributed by atoms with Crippen molar-refractivity contribution in [3.63, 3.8) is 0 Å². The second-order valence-electron chi connectivity index (χ2n) is 5.50. The highest BCUT2D eigenvalue weighted by atomic mass is 32.1. The zero-order valence-electron chi connectivity index (χ0n) is 14.3. The molecule has 1 unspecified atom stereocenters. The minimum atomic E-state index is -0.795. The van der Waals surface area contributed by atoms with Crippen LogP contribution in [0.2, 0.25) is 0 Å². The number of aliphatic hydroxyl groups is 1. The fraction of sp³-hybridized carbons (Fsp3) is 0.211. The molecular formula is C19H20N2O4S. The van der Waals surface area contributed by atoms with Crippen LogP contribution in [0.15, 0.2) is 58.5 Å². The third-order valence-electron chi connectivity index (χ3n) is 3.64. The first-order valence-corrected chi connectivity index (χ1v) is 9.12. The Kier molecular flexibility index (Phi) is 5.93. The first-order valence-electron chi connectivity index (χ1n) is 8.24. The molecule has 26 heavy (non-hydrogen) atoms. The molecule has 0 fully saturated rings. The first kappa shape index (κ1) is 18.0. The van der Waals surface area contributed by atoms with Gasteiger partial charge in [-0.05, 0) is 37.3 Å². The van der Waals surface area contributed by atoms with Crippen LogP contribution in [-0.2, 0) is 0 Å². The van der Waals surface area contributed by atoms with Crippen LogP contribution < -0.4 is 15.4 Å². The van der Waals surface area contributed by atoms with Crippen LogP contribution in [0, 0.1) is 0 Å². The number of anilines is 1. The fourth-order valence-electron chi connectivity index (χ4n) is 2.41. The summed E-state index contributed by atoms with van der Waals surface area (Å²) >= 11 is 1.42. The normalized spacial score (nSPS) is 11.8. The van der Waals surface area contributed by atoms with Gasteiger partial charge in [0.2, 0.25) is 0 Å².